The van der Waals surface area contributed by atoms with Crippen LogP contribution in [0.2, 0.25) is 0 Å². The Bertz CT molecular complexity index is 269. The highest BCUT2D eigenvalue weighted by atomic mass is 14.7. The fourth-order valence-corrected chi connectivity index (χ4v) is 5.74. The van der Waals surface area contributed by atoms with Crippen LogP contribution >= 0.6 is 0 Å². The van der Waals surface area contributed by atoms with Gasteiger partial charge in [0.05, 0.1) is 0 Å². The van der Waals surface area contributed by atoms with E-state index >= 15 is 0 Å². The van der Waals surface area contributed by atoms with Crippen LogP contribution in [0.1, 0.15) is 77.0 Å². The molecule has 0 atom stereocenters. The summed E-state index contributed by atoms with van der Waals surface area (Å²) >= 11 is 0. The largest absolute Gasteiger partial charge is 0.328 e. The number of hydrogen-bond donors (Lipinski definition) is 3. The van der Waals surface area contributed by atoms with Crippen LogP contribution in [-0.2, 0) is 0 Å². The lowest BCUT2D eigenvalue weighted by Crippen LogP contribution is -2.41. The van der Waals surface area contributed by atoms with E-state index in [4.69, 9.17) is 17.2 Å². The average Bonchev–Trinajstić information content (AvgIpc) is 2.53. The monoisotopic (exact) mass is 307 g/mol. The number of hydrogen-bond acceptors (Lipinski definition) is 3. The third-order valence-electron chi connectivity index (χ3n) is 7.08. The smallest absolute Gasteiger partial charge is 0.00390 e. The highest BCUT2D eigenvalue weighted by Gasteiger charge is 2.39. The van der Waals surface area contributed by atoms with Crippen LogP contribution in [0, 0.1) is 23.7 Å². The van der Waals surface area contributed by atoms with Crippen LogP contribution in [0.15, 0.2) is 0 Å². The van der Waals surface area contributed by atoms with Crippen molar-refractivity contribution in [1.82, 2.24) is 0 Å². The molecule has 0 aliphatic heterocycles. The second-order valence-electron chi connectivity index (χ2n) is 8.60. The van der Waals surface area contributed by atoms with Gasteiger partial charge in [0, 0.05) is 18.1 Å². The molecule has 3 aliphatic rings. The third kappa shape index (κ3) is 4.04. The molecule has 3 saturated carbocycles. The SMILES string of the molecule is NC1CCC(C(C2CCC(N)CC2)C2CCC(N)CC2)CC1. The van der Waals surface area contributed by atoms with Crippen LogP contribution < -0.4 is 17.2 Å². The predicted octanol–water partition coefficient (Wildman–Crippen LogP) is 3.16. The first-order valence-electron chi connectivity index (χ1n) is 9.90. The molecule has 3 heteroatoms. The Labute approximate surface area is 136 Å². The summed E-state index contributed by atoms with van der Waals surface area (Å²) in [7, 11) is 0. The summed E-state index contributed by atoms with van der Waals surface area (Å²) in [4.78, 5) is 0. The van der Waals surface area contributed by atoms with Gasteiger partial charge in [0.15, 0.2) is 0 Å². The lowest BCUT2D eigenvalue weighted by atomic mass is 9.61. The van der Waals surface area contributed by atoms with Crippen LogP contribution in [-0.4, -0.2) is 18.1 Å². The lowest BCUT2D eigenvalue weighted by Gasteiger charge is -2.45. The molecule has 0 aromatic carbocycles. The Morgan fingerprint density at radius 3 is 0.864 bits per heavy atom. The Morgan fingerprint density at radius 2 is 0.636 bits per heavy atom. The zero-order valence-corrected chi connectivity index (χ0v) is 14.3. The van der Waals surface area contributed by atoms with Crippen molar-refractivity contribution in [3.8, 4) is 0 Å². The van der Waals surface area contributed by atoms with Crippen LogP contribution in [0.5, 0.6) is 0 Å². The average molecular weight is 308 g/mol. The molecule has 0 saturated heterocycles. The van der Waals surface area contributed by atoms with Gasteiger partial charge in [-0.3, -0.25) is 0 Å². The summed E-state index contributed by atoms with van der Waals surface area (Å²) < 4.78 is 0. The van der Waals surface area contributed by atoms with E-state index in [0.29, 0.717) is 18.1 Å². The third-order valence-corrected chi connectivity index (χ3v) is 7.08. The molecular weight excluding hydrogens is 270 g/mol. The van der Waals surface area contributed by atoms with E-state index < -0.39 is 0 Å². The highest BCUT2D eigenvalue weighted by Crippen LogP contribution is 2.47. The predicted molar refractivity (Wildman–Crippen MR) is 93.3 cm³/mol. The zero-order valence-electron chi connectivity index (χ0n) is 14.3. The summed E-state index contributed by atoms with van der Waals surface area (Å²) in [6.07, 6.45) is 15.7. The summed E-state index contributed by atoms with van der Waals surface area (Å²) in [5.41, 5.74) is 18.5. The molecule has 3 aliphatic carbocycles. The van der Waals surface area contributed by atoms with Gasteiger partial charge in [-0.1, -0.05) is 0 Å². The Kier molecular flexibility index (Phi) is 5.80. The topological polar surface area (TPSA) is 78.1 Å². The molecule has 3 nitrogen and oxygen atoms in total. The highest BCUT2D eigenvalue weighted by molar-refractivity contribution is 4.91. The molecule has 0 heterocycles. The van der Waals surface area contributed by atoms with Gasteiger partial charge in [-0.25, -0.2) is 0 Å². The first-order chi connectivity index (χ1) is 10.6. The molecule has 3 rings (SSSR count). The minimum atomic E-state index is 0.469. The molecule has 0 aromatic heterocycles. The first-order valence-corrected chi connectivity index (χ1v) is 9.90. The lowest BCUT2D eigenvalue weighted by molar-refractivity contribution is 0.0590. The van der Waals surface area contributed by atoms with Crippen molar-refractivity contribution in [3.05, 3.63) is 0 Å². The maximum Gasteiger partial charge on any atom is 0.00390 e. The fourth-order valence-electron chi connectivity index (χ4n) is 5.74. The molecule has 0 bridgehead atoms. The molecule has 0 radical (unpaired) electrons. The Balaban J connectivity index is 1.67. The van der Waals surface area contributed by atoms with Crippen molar-refractivity contribution in [3.63, 3.8) is 0 Å². The zero-order chi connectivity index (χ0) is 15.5. The molecular formula is C19H37N3. The van der Waals surface area contributed by atoms with Gasteiger partial charge >= 0.3 is 0 Å². The van der Waals surface area contributed by atoms with E-state index in [1.807, 2.05) is 0 Å². The summed E-state index contributed by atoms with van der Waals surface area (Å²) in [6, 6.07) is 1.41. The molecule has 0 spiro atoms. The van der Waals surface area contributed by atoms with E-state index in [9.17, 15) is 0 Å². The van der Waals surface area contributed by atoms with Crippen molar-refractivity contribution in [1.29, 1.82) is 0 Å². The van der Waals surface area contributed by atoms with Gasteiger partial charge in [-0.05, 0) is 101 Å². The maximum absolute atomic E-state index is 6.16. The van der Waals surface area contributed by atoms with Crippen molar-refractivity contribution in [2.45, 2.75) is 95.2 Å². The van der Waals surface area contributed by atoms with Gasteiger partial charge in [0.2, 0.25) is 0 Å². The van der Waals surface area contributed by atoms with Crippen molar-refractivity contribution in [2.24, 2.45) is 40.9 Å². The van der Waals surface area contributed by atoms with Crippen molar-refractivity contribution < 1.29 is 0 Å². The Hall–Kier alpha value is -0.120. The molecule has 128 valence electrons. The van der Waals surface area contributed by atoms with E-state index in [1.165, 1.54) is 77.0 Å². The van der Waals surface area contributed by atoms with E-state index in [0.717, 1.165) is 23.7 Å². The summed E-state index contributed by atoms with van der Waals surface area (Å²) in [6.45, 7) is 0. The molecule has 0 amide bonds. The number of nitrogens with two attached hydrogens (primary N) is 3. The normalized spacial score (nSPS) is 45.4. The van der Waals surface area contributed by atoms with Gasteiger partial charge in [-0.15, -0.1) is 0 Å². The van der Waals surface area contributed by atoms with E-state index in [1.54, 1.807) is 0 Å². The van der Waals surface area contributed by atoms with Gasteiger partial charge in [-0.2, -0.15) is 0 Å². The van der Waals surface area contributed by atoms with Crippen molar-refractivity contribution >= 4 is 0 Å². The fraction of sp³-hybridized carbons (Fsp3) is 1.00. The molecule has 22 heavy (non-hydrogen) atoms. The maximum atomic E-state index is 6.16. The summed E-state index contributed by atoms with van der Waals surface area (Å²) in [5.74, 6) is 3.72. The van der Waals surface area contributed by atoms with Crippen LogP contribution in [0.25, 0.3) is 0 Å². The second-order valence-corrected chi connectivity index (χ2v) is 8.60. The molecule has 0 unspecified atom stereocenters. The standard InChI is InChI=1S/C19H37N3/c20-16-7-1-13(2-8-16)19(14-3-9-17(21)10-4-14)15-5-11-18(22)12-6-15/h13-19H,1-12,20-22H2. The van der Waals surface area contributed by atoms with E-state index in [-0.39, 0.29) is 0 Å². The second kappa shape index (κ2) is 7.63. The number of rotatable bonds is 3. The minimum Gasteiger partial charge on any atom is -0.328 e. The van der Waals surface area contributed by atoms with Gasteiger partial charge < -0.3 is 17.2 Å². The van der Waals surface area contributed by atoms with Crippen LogP contribution in [0.3, 0.4) is 0 Å². The van der Waals surface area contributed by atoms with Crippen molar-refractivity contribution in [2.75, 3.05) is 0 Å². The van der Waals surface area contributed by atoms with Gasteiger partial charge in [0.1, 0.15) is 0 Å². The minimum absolute atomic E-state index is 0.469. The van der Waals surface area contributed by atoms with E-state index in [2.05, 4.69) is 0 Å². The molecule has 6 N–H and O–H groups in total. The van der Waals surface area contributed by atoms with Gasteiger partial charge in [0.25, 0.3) is 0 Å². The first kappa shape index (κ1) is 16.7. The summed E-state index contributed by atoms with van der Waals surface area (Å²) in [5, 5.41) is 0. The molecule has 3 fully saturated rings. The Morgan fingerprint density at radius 1 is 0.409 bits per heavy atom. The molecule has 0 aromatic rings. The quantitative estimate of drug-likeness (QED) is 0.749. The van der Waals surface area contributed by atoms with Crippen LogP contribution in [0.4, 0.5) is 0 Å².